The molecule has 0 fully saturated rings. The van der Waals surface area contributed by atoms with Gasteiger partial charge in [-0.1, -0.05) is 74.5 Å². The highest BCUT2D eigenvalue weighted by atomic mass is 16.6. The molecule has 8 nitrogen and oxygen atoms in total. The Morgan fingerprint density at radius 1 is 0.846 bits per heavy atom. The molecule has 0 bridgehead atoms. The van der Waals surface area contributed by atoms with E-state index in [1.165, 1.54) is 0 Å². The number of nitrogens with one attached hydrogen (secondary N) is 2. The fourth-order valence-corrected chi connectivity index (χ4v) is 4.36. The zero-order valence-corrected chi connectivity index (χ0v) is 23.0. The molecule has 0 aliphatic heterocycles. The summed E-state index contributed by atoms with van der Waals surface area (Å²) in [7, 11) is 0. The van der Waals surface area contributed by atoms with E-state index in [0.29, 0.717) is 11.3 Å². The highest BCUT2D eigenvalue weighted by molar-refractivity contribution is 5.85. The zero-order valence-electron chi connectivity index (χ0n) is 23.0. The van der Waals surface area contributed by atoms with E-state index in [0.717, 1.165) is 22.3 Å². The Kier molecular flexibility index (Phi) is 9.71. The summed E-state index contributed by atoms with van der Waals surface area (Å²) in [4.78, 5) is 36.1. The van der Waals surface area contributed by atoms with Crippen LogP contribution >= 0.6 is 0 Å². The molecular weight excluding hydrogens is 496 g/mol. The van der Waals surface area contributed by atoms with Gasteiger partial charge in [0.15, 0.2) is 0 Å². The Hall–Kier alpha value is -4.33. The highest BCUT2D eigenvalue weighted by Crippen LogP contribution is 2.44. The lowest BCUT2D eigenvalue weighted by molar-refractivity contribution is -0.139. The normalized spacial score (nSPS) is 12.6. The van der Waals surface area contributed by atoms with Gasteiger partial charge in [0.2, 0.25) is 0 Å². The molecule has 39 heavy (non-hydrogen) atoms. The van der Waals surface area contributed by atoms with E-state index in [2.05, 4.69) is 34.9 Å². The third kappa shape index (κ3) is 7.83. The van der Waals surface area contributed by atoms with Crippen LogP contribution in [0.5, 0.6) is 0 Å². The summed E-state index contributed by atoms with van der Waals surface area (Å²) in [6, 6.07) is 21.8. The molecule has 0 heterocycles. The molecule has 0 saturated carbocycles. The minimum Gasteiger partial charge on any atom is -0.480 e. The van der Waals surface area contributed by atoms with Crippen LogP contribution in [0.25, 0.3) is 11.1 Å². The molecule has 4 rings (SSSR count). The van der Waals surface area contributed by atoms with E-state index in [-0.39, 0.29) is 18.9 Å². The number of benzene rings is 3. The van der Waals surface area contributed by atoms with Crippen molar-refractivity contribution in [3.8, 4) is 11.1 Å². The molecule has 3 aromatic rings. The van der Waals surface area contributed by atoms with Crippen LogP contribution < -0.4 is 10.6 Å². The van der Waals surface area contributed by atoms with Gasteiger partial charge in [-0.3, -0.25) is 5.32 Å². The second-order valence-corrected chi connectivity index (χ2v) is 9.89. The topological polar surface area (TPSA) is 114 Å². The molecule has 3 aromatic carbocycles. The summed E-state index contributed by atoms with van der Waals surface area (Å²) in [6.07, 6.45) is -1.32. The second-order valence-electron chi connectivity index (χ2n) is 9.89. The average Bonchev–Trinajstić information content (AvgIpc) is 3.22. The molecule has 0 saturated heterocycles. The minimum atomic E-state index is -1.17. The number of carbonyl (C=O) groups excluding carboxylic acids is 2. The van der Waals surface area contributed by atoms with E-state index >= 15 is 0 Å². The van der Waals surface area contributed by atoms with Crippen LogP contribution in [-0.2, 0) is 20.7 Å². The fourth-order valence-electron chi connectivity index (χ4n) is 4.36. The van der Waals surface area contributed by atoms with Crippen molar-refractivity contribution < 1.29 is 29.0 Å². The number of alkyl carbamates (subject to hydrolysis) is 1. The maximum Gasteiger partial charge on any atom is 0.411 e. The standard InChI is InChI=1S/C29H30N2O6.C2H6/c1-29(2,3)37-28(35)31-25(26(32)33)16-18-12-14-19(15-13-18)30-27(34)36-17-24-22-10-6-4-8-20(22)21-9-5-7-11-23(21)24;1-2/h4-15,24-25H,16-17H2,1-3H3,(H,30,34)(H,31,35)(H,32,33);1-2H3/t25-;/m1./s1. The van der Waals surface area contributed by atoms with Gasteiger partial charge in [0, 0.05) is 18.0 Å². The number of carboxylic acid groups (broad SMARTS) is 1. The molecule has 1 atom stereocenters. The van der Waals surface area contributed by atoms with Crippen LogP contribution in [-0.4, -0.2) is 41.5 Å². The molecule has 0 radical (unpaired) electrons. The number of ether oxygens (including phenoxy) is 2. The Labute approximate surface area is 229 Å². The van der Waals surface area contributed by atoms with Crippen LogP contribution in [0.2, 0.25) is 0 Å². The highest BCUT2D eigenvalue weighted by Gasteiger charge is 2.29. The number of anilines is 1. The van der Waals surface area contributed by atoms with Crippen molar-refractivity contribution in [3.63, 3.8) is 0 Å². The number of aliphatic carboxylic acids is 1. The van der Waals surface area contributed by atoms with Crippen molar-refractivity contribution >= 4 is 23.8 Å². The lowest BCUT2D eigenvalue weighted by atomic mass is 9.98. The SMILES string of the molecule is CC.CC(C)(C)OC(=O)N[C@H](Cc1ccc(NC(=O)OCC2c3ccccc3-c3ccccc32)cc1)C(=O)O. The Bertz CT molecular complexity index is 1250. The molecule has 0 aromatic heterocycles. The van der Waals surface area contributed by atoms with Gasteiger partial charge < -0.3 is 19.9 Å². The molecule has 1 aliphatic carbocycles. The van der Waals surface area contributed by atoms with Crippen molar-refractivity contribution in [1.82, 2.24) is 5.32 Å². The molecule has 0 spiro atoms. The average molecular weight is 533 g/mol. The predicted molar refractivity (Wildman–Crippen MR) is 151 cm³/mol. The van der Waals surface area contributed by atoms with Gasteiger partial charge in [0.05, 0.1) is 0 Å². The molecule has 206 valence electrons. The fraction of sp³-hybridized carbons (Fsp3) is 0.323. The van der Waals surface area contributed by atoms with E-state index in [1.54, 1.807) is 45.0 Å². The zero-order chi connectivity index (χ0) is 28.6. The summed E-state index contributed by atoms with van der Waals surface area (Å²) in [5.41, 5.74) is 5.02. The van der Waals surface area contributed by atoms with Gasteiger partial charge in [-0.05, 0) is 60.7 Å². The number of amides is 2. The molecule has 1 aliphatic rings. The van der Waals surface area contributed by atoms with E-state index < -0.39 is 29.8 Å². The van der Waals surface area contributed by atoms with Crippen molar-refractivity contribution in [2.24, 2.45) is 0 Å². The largest absolute Gasteiger partial charge is 0.480 e. The number of hydrogen-bond donors (Lipinski definition) is 3. The van der Waals surface area contributed by atoms with Crippen LogP contribution in [0.4, 0.5) is 15.3 Å². The molecular formula is C31H36N2O6. The van der Waals surface area contributed by atoms with Crippen molar-refractivity contribution in [2.45, 2.75) is 58.6 Å². The van der Waals surface area contributed by atoms with Crippen LogP contribution in [0.15, 0.2) is 72.8 Å². The molecule has 0 unspecified atom stereocenters. The van der Waals surface area contributed by atoms with Crippen LogP contribution in [0.3, 0.4) is 0 Å². The Balaban J connectivity index is 0.00000205. The first-order valence-electron chi connectivity index (χ1n) is 13.0. The number of carbonyl (C=O) groups is 3. The summed E-state index contributed by atoms with van der Waals surface area (Å²) in [6.45, 7) is 9.30. The van der Waals surface area contributed by atoms with Gasteiger partial charge in [0.1, 0.15) is 18.2 Å². The summed E-state index contributed by atoms with van der Waals surface area (Å²) >= 11 is 0. The summed E-state index contributed by atoms with van der Waals surface area (Å²) < 4.78 is 10.7. The molecule has 2 amide bonds. The van der Waals surface area contributed by atoms with Gasteiger partial charge in [-0.2, -0.15) is 0 Å². The first kappa shape index (κ1) is 29.2. The van der Waals surface area contributed by atoms with Crippen molar-refractivity contribution in [2.75, 3.05) is 11.9 Å². The number of fused-ring (bicyclic) bond motifs is 3. The number of rotatable bonds is 7. The third-order valence-electron chi connectivity index (χ3n) is 5.97. The van der Waals surface area contributed by atoms with E-state index in [4.69, 9.17) is 9.47 Å². The quantitative estimate of drug-likeness (QED) is 0.316. The lowest BCUT2D eigenvalue weighted by Gasteiger charge is -2.22. The molecule has 8 heteroatoms. The smallest absolute Gasteiger partial charge is 0.411 e. The number of carboxylic acids is 1. The Morgan fingerprint density at radius 3 is 1.90 bits per heavy atom. The predicted octanol–water partition coefficient (Wildman–Crippen LogP) is 6.59. The summed E-state index contributed by atoms with van der Waals surface area (Å²) in [5, 5.41) is 14.6. The second kappa shape index (κ2) is 13.0. The van der Waals surface area contributed by atoms with Crippen LogP contribution in [0, 0.1) is 0 Å². The third-order valence-corrected chi connectivity index (χ3v) is 5.97. The minimum absolute atomic E-state index is 0.0362. The van der Waals surface area contributed by atoms with Gasteiger partial charge in [-0.25, -0.2) is 14.4 Å². The van der Waals surface area contributed by atoms with Crippen molar-refractivity contribution in [3.05, 3.63) is 89.5 Å². The van der Waals surface area contributed by atoms with E-state index in [9.17, 15) is 19.5 Å². The monoisotopic (exact) mass is 532 g/mol. The maximum absolute atomic E-state index is 12.5. The lowest BCUT2D eigenvalue weighted by Crippen LogP contribution is -2.44. The summed E-state index contributed by atoms with van der Waals surface area (Å²) in [5.74, 6) is -1.21. The van der Waals surface area contributed by atoms with Crippen molar-refractivity contribution in [1.29, 1.82) is 0 Å². The molecule has 3 N–H and O–H groups in total. The van der Waals surface area contributed by atoms with Gasteiger partial charge in [-0.15, -0.1) is 0 Å². The van der Waals surface area contributed by atoms with Gasteiger partial charge >= 0.3 is 18.2 Å². The first-order chi connectivity index (χ1) is 18.6. The number of hydrogen-bond acceptors (Lipinski definition) is 5. The van der Waals surface area contributed by atoms with Gasteiger partial charge in [0.25, 0.3) is 0 Å². The van der Waals surface area contributed by atoms with Crippen LogP contribution in [0.1, 0.15) is 57.2 Å². The Morgan fingerprint density at radius 2 is 1.38 bits per heavy atom. The van der Waals surface area contributed by atoms with E-state index in [1.807, 2.05) is 38.1 Å². The first-order valence-corrected chi connectivity index (χ1v) is 13.0. The maximum atomic E-state index is 12.5.